The first-order valence-corrected chi connectivity index (χ1v) is 10.7. The summed E-state index contributed by atoms with van der Waals surface area (Å²) in [6.45, 7) is 1.18. The Morgan fingerprint density at radius 3 is 2.46 bits per heavy atom. The predicted molar refractivity (Wildman–Crippen MR) is 108 cm³/mol. The number of sulfonamides is 1. The number of nitro benzene ring substituents is 1. The van der Waals surface area contributed by atoms with Crippen molar-refractivity contribution in [3.8, 4) is 0 Å². The first kappa shape index (κ1) is 20.3. The van der Waals surface area contributed by atoms with Gasteiger partial charge in [0.1, 0.15) is 5.84 Å². The Bertz CT molecular complexity index is 962. The fraction of sp³-hybridized carbons (Fsp3) is 0.316. The molecule has 0 amide bonds. The van der Waals surface area contributed by atoms with Crippen LogP contribution in [-0.2, 0) is 16.4 Å². The molecule has 0 aromatic heterocycles. The molecule has 9 heteroatoms. The van der Waals surface area contributed by atoms with E-state index in [0.717, 1.165) is 12.0 Å². The molecule has 1 aliphatic rings. The summed E-state index contributed by atoms with van der Waals surface area (Å²) in [5.41, 5.74) is 0.978. The van der Waals surface area contributed by atoms with Gasteiger partial charge in [0.15, 0.2) is 0 Å². The number of piperidine rings is 1. The maximum Gasteiger partial charge on any atom is 0.283 e. The van der Waals surface area contributed by atoms with Gasteiger partial charge in [0.2, 0.25) is 0 Å². The fourth-order valence-electron chi connectivity index (χ4n) is 3.02. The summed E-state index contributed by atoms with van der Waals surface area (Å²) in [6.07, 6.45) is 1.75. The first-order chi connectivity index (χ1) is 13.3. The highest BCUT2D eigenvalue weighted by molar-refractivity contribution is 7.90. The molecule has 1 atom stereocenters. The van der Waals surface area contributed by atoms with E-state index in [9.17, 15) is 18.5 Å². The van der Waals surface area contributed by atoms with E-state index in [4.69, 9.17) is 11.6 Å². The van der Waals surface area contributed by atoms with Crippen LogP contribution in [0.1, 0.15) is 18.4 Å². The first-order valence-electron chi connectivity index (χ1n) is 8.86. The number of benzene rings is 2. The van der Waals surface area contributed by atoms with Gasteiger partial charge in [-0.25, -0.2) is 0 Å². The summed E-state index contributed by atoms with van der Waals surface area (Å²) in [4.78, 5) is 12.4. The highest BCUT2D eigenvalue weighted by Gasteiger charge is 2.25. The molecule has 0 radical (unpaired) electrons. The van der Waals surface area contributed by atoms with Gasteiger partial charge in [-0.1, -0.05) is 30.3 Å². The third-order valence-electron chi connectivity index (χ3n) is 4.57. The van der Waals surface area contributed by atoms with Crippen LogP contribution in [0.4, 0.5) is 5.69 Å². The van der Waals surface area contributed by atoms with E-state index in [-0.39, 0.29) is 16.0 Å². The number of halogens is 1. The van der Waals surface area contributed by atoms with E-state index >= 15 is 0 Å². The fourth-order valence-corrected chi connectivity index (χ4v) is 4.33. The molecule has 1 fully saturated rings. The molecule has 0 aliphatic carbocycles. The third kappa shape index (κ3) is 5.08. The number of amidine groups is 1. The number of hydrogen-bond donors (Lipinski definition) is 0. The molecule has 2 aromatic carbocycles. The number of alkyl halides is 1. The van der Waals surface area contributed by atoms with Crippen LogP contribution in [0, 0.1) is 10.1 Å². The van der Waals surface area contributed by atoms with Crippen LogP contribution in [0.2, 0.25) is 0 Å². The van der Waals surface area contributed by atoms with Crippen LogP contribution >= 0.6 is 11.6 Å². The number of likely N-dealkylation sites (tertiary alicyclic amines) is 1. The van der Waals surface area contributed by atoms with Gasteiger partial charge in [0.05, 0.1) is 9.82 Å². The van der Waals surface area contributed by atoms with Gasteiger partial charge in [-0.15, -0.1) is 16.0 Å². The van der Waals surface area contributed by atoms with E-state index in [1.54, 1.807) is 30.3 Å². The number of nitro groups is 1. The lowest BCUT2D eigenvalue weighted by molar-refractivity contribution is -0.384. The summed E-state index contributed by atoms with van der Waals surface area (Å²) < 4.78 is 29.3. The average molecular weight is 422 g/mol. The molecule has 3 rings (SSSR count). The van der Waals surface area contributed by atoms with Crippen LogP contribution in [0.25, 0.3) is 0 Å². The Balaban J connectivity index is 1.76. The van der Waals surface area contributed by atoms with Crippen molar-refractivity contribution >= 4 is 33.1 Å². The smallest absolute Gasteiger partial charge is 0.283 e. The summed E-state index contributed by atoms with van der Waals surface area (Å²) in [5.74, 6) is 0.456. The lowest BCUT2D eigenvalue weighted by Crippen LogP contribution is -2.41. The average Bonchev–Trinajstić information content (AvgIpc) is 2.68. The highest BCUT2D eigenvalue weighted by atomic mass is 35.5. The van der Waals surface area contributed by atoms with E-state index < -0.39 is 14.9 Å². The largest absolute Gasteiger partial charge is 0.359 e. The maximum atomic E-state index is 12.6. The van der Waals surface area contributed by atoms with Gasteiger partial charge in [0, 0.05) is 37.0 Å². The van der Waals surface area contributed by atoms with Crippen molar-refractivity contribution in [2.24, 2.45) is 4.40 Å². The van der Waals surface area contributed by atoms with Crippen molar-refractivity contribution in [3.63, 3.8) is 0 Å². The zero-order chi connectivity index (χ0) is 20.1. The van der Waals surface area contributed by atoms with Crippen molar-refractivity contribution < 1.29 is 13.3 Å². The molecular formula is C19H20ClN3O4S. The molecule has 0 spiro atoms. The second kappa shape index (κ2) is 8.70. The molecule has 1 unspecified atom stereocenters. The van der Waals surface area contributed by atoms with Gasteiger partial charge in [-0.3, -0.25) is 10.1 Å². The molecule has 1 saturated heterocycles. The predicted octanol–water partition coefficient (Wildman–Crippen LogP) is 3.63. The van der Waals surface area contributed by atoms with Crippen molar-refractivity contribution in [2.45, 2.75) is 29.5 Å². The molecule has 0 bridgehead atoms. The Hall–Kier alpha value is -2.45. The number of non-ortho nitro benzene ring substituents is 1. The quantitative estimate of drug-likeness (QED) is 0.403. The molecule has 0 N–H and O–H groups in total. The van der Waals surface area contributed by atoms with Crippen molar-refractivity contribution in [2.75, 3.05) is 13.1 Å². The maximum absolute atomic E-state index is 12.6. The lowest BCUT2D eigenvalue weighted by Gasteiger charge is -2.32. The van der Waals surface area contributed by atoms with Crippen molar-refractivity contribution in [1.29, 1.82) is 0 Å². The van der Waals surface area contributed by atoms with E-state index in [0.29, 0.717) is 31.8 Å². The minimum Gasteiger partial charge on any atom is -0.359 e. The van der Waals surface area contributed by atoms with Gasteiger partial charge in [0.25, 0.3) is 15.7 Å². The van der Waals surface area contributed by atoms with Crippen LogP contribution in [-0.4, -0.2) is 42.5 Å². The van der Waals surface area contributed by atoms with Crippen molar-refractivity contribution in [3.05, 3.63) is 70.3 Å². The van der Waals surface area contributed by atoms with Gasteiger partial charge < -0.3 is 4.90 Å². The van der Waals surface area contributed by atoms with Crippen LogP contribution in [0.15, 0.2) is 63.9 Å². The van der Waals surface area contributed by atoms with E-state index in [2.05, 4.69) is 4.40 Å². The molecule has 2 aromatic rings. The third-order valence-corrected chi connectivity index (χ3v) is 6.26. The normalized spacial score (nSPS) is 19.0. The van der Waals surface area contributed by atoms with Gasteiger partial charge in [-0.2, -0.15) is 8.42 Å². The molecular weight excluding hydrogens is 402 g/mol. The topological polar surface area (TPSA) is 92.9 Å². The Morgan fingerprint density at radius 1 is 1.14 bits per heavy atom. The Kier molecular flexibility index (Phi) is 6.31. The zero-order valence-electron chi connectivity index (χ0n) is 15.1. The monoisotopic (exact) mass is 421 g/mol. The van der Waals surface area contributed by atoms with Gasteiger partial charge >= 0.3 is 0 Å². The second-order valence-electron chi connectivity index (χ2n) is 6.55. The van der Waals surface area contributed by atoms with E-state index in [1.807, 2.05) is 4.90 Å². The van der Waals surface area contributed by atoms with Crippen LogP contribution in [0.3, 0.4) is 0 Å². The highest BCUT2D eigenvalue weighted by Crippen LogP contribution is 2.22. The van der Waals surface area contributed by atoms with Crippen LogP contribution < -0.4 is 0 Å². The number of nitrogens with zero attached hydrogens (tertiary/aromatic N) is 3. The van der Waals surface area contributed by atoms with E-state index in [1.165, 1.54) is 24.3 Å². The Labute approximate surface area is 168 Å². The molecule has 1 aliphatic heterocycles. The summed E-state index contributed by atoms with van der Waals surface area (Å²) in [5, 5.41) is 10.6. The minimum absolute atomic E-state index is 0.0444. The summed E-state index contributed by atoms with van der Waals surface area (Å²) >= 11 is 6.25. The number of rotatable bonds is 6. The molecule has 0 saturated carbocycles. The molecule has 7 nitrogen and oxygen atoms in total. The molecule has 148 valence electrons. The molecule has 28 heavy (non-hydrogen) atoms. The zero-order valence-corrected chi connectivity index (χ0v) is 16.6. The Morgan fingerprint density at radius 2 is 1.82 bits per heavy atom. The summed E-state index contributed by atoms with van der Waals surface area (Å²) in [7, 11) is -3.80. The number of hydrogen-bond acceptors (Lipinski definition) is 4. The van der Waals surface area contributed by atoms with Crippen molar-refractivity contribution in [1.82, 2.24) is 4.90 Å². The summed E-state index contributed by atoms with van der Waals surface area (Å²) in [6, 6.07) is 14.5. The minimum atomic E-state index is -3.80. The lowest BCUT2D eigenvalue weighted by atomic mass is 10.1. The second-order valence-corrected chi connectivity index (χ2v) is 8.77. The standard InChI is InChI=1S/C19H20ClN3O4S/c20-16-11-13-22(12-10-15-6-8-17(9-7-15)23(24)25)19(14-16)21-28(26,27)18-4-2-1-3-5-18/h1-9,16H,10-14H2/b21-19+. The SMILES string of the molecule is O=[N+]([O-])c1ccc(CCN2CCC(Cl)C/C2=N\S(=O)(=O)c2ccccc2)cc1. The molecule has 1 heterocycles. The van der Waals surface area contributed by atoms with Crippen LogP contribution in [0.5, 0.6) is 0 Å². The van der Waals surface area contributed by atoms with Gasteiger partial charge in [-0.05, 0) is 30.5 Å².